The molecule has 0 fully saturated rings. The lowest BCUT2D eigenvalue weighted by Crippen LogP contribution is -1.82. The molecule has 1 aromatic heterocycles. The number of benzene rings is 1. The summed E-state index contributed by atoms with van der Waals surface area (Å²) in [4.78, 5) is 8.27. The van der Waals surface area contributed by atoms with Crippen molar-refractivity contribution in [2.45, 2.75) is 10.6 Å². The molecule has 0 amide bonds. The summed E-state index contributed by atoms with van der Waals surface area (Å²) in [6.07, 6.45) is 3.54. The number of methoxy groups -OCH3 is 1. The number of imidazole rings is 1. The summed E-state index contributed by atoms with van der Waals surface area (Å²) in [6, 6.07) is 8.05. The van der Waals surface area contributed by atoms with Gasteiger partial charge in [0.25, 0.3) is 0 Å². The highest BCUT2D eigenvalue weighted by atomic mass is 32.2. The molecule has 78 valence electrons. The van der Waals surface area contributed by atoms with Crippen molar-refractivity contribution in [3.8, 4) is 5.75 Å². The minimum Gasteiger partial charge on any atom is -0.497 e. The van der Waals surface area contributed by atoms with Gasteiger partial charge in [-0.25, -0.2) is 4.98 Å². The predicted octanol–water partition coefficient (Wildman–Crippen LogP) is 2.71. The number of H-pyrrole nitrogens is 1. The fraction of sp³-hybridized carbons (Fsp3) is 0.182. The van der Waals surface area contributed by atoms with Crippen molar-refractivity contribution in [1.82, 2.24) is 9.97 Å². The monoisotopic (exact) mass is 220 g/mol. The molecule has 0 saturated carbocycles. The molecule has 0 aliphatic rings. The fourth-order valence-electron chi connectivity index (χ4n) is 1.20. The van der Waals surface area contributed by atoms with E-state index in [4.69, 9.17) is 4.74 Å². The Bertz CT molecular complexity index is 397. The van der Waals surface area contributed by atoms with E-state index in [1.54, 1.807) is 25.2 Å². The maximum atomic E-state index is 5.09. The van der Waals surface area contributed by atoms with Crippen molar-refractivity contribution in [2.75, 3.05) is 7.11 Å². The first kappa shape index (κ1) is 10.1. The second-order valence-corrected chi connectivity index (χ2v) is 4.09. The Hall–Kier alpha value is -1.42. The molecular formula is C11H12N2OS. The predicted molar refractivity (Wildman–Crippen MR) is 61.1 cm³/mol. The van der Waals surface area contributed by atoms with E-state index in [-0.39, 0.29) is 0 Å². The molecule has 0 saturated heterocycles. The van der Waals surface area contributed by atoms with Crippen LogP contribution in [0.25, 0.3) is 0 Å². The minimum absolute atomic E-state index is 0.890. The lowest BCUT2D eigenvalue weighted by atomic mass is 10.3. The Balaban J connectivity index is 1.93. The van der Waals surface area contributed by atoms with Crippen molar-refractivity contribution in [2.24, 2.45) is 0 Å². The van der Waals surface area contributed by atoms with E-state index in [1.807, 2.05) is 18.3 Å². The van der Waals surface area contributed by atoms with E-state index in [2.05, 4.69) is 22.1 Å². The summed E-state index contributed by atoms with van der Waals surface area (Å²) >= 11 is 1.77. The van der Waals surface area contributed by atoms with Gasteiger partial charge in [0.05, 0.1) is 13.4 Å². The van der Waals surface area contributed by atoms with E-state index in [0.717, 1.165) is 17.2 Å². The third-order valence-electron chi connectivity index (χ3n) is 2.01. The van der Waals surface area contributed by atoms with Crippen LogP contribution in [-0.4, -0.2) is 17.1 Å². The van der Waals surface area contributed by atoms with E-state index in [9.17, 15) is 0 Å². The van der Waals surface area contributed by atoms with Gasteiger partial charge in [0, 0.05) is 22.5 Å². The lowest BCUT2D eigenvalue weighted by Gasteiger charge is -2.02. The molecule has 0 atom stereocenters. The summed E-state index contributed by atoms with van der Waals surface area (Å²) in [5.74, 6) is 1.80. The molecule has 0 aliphatic heterocycles. The molecule has 1 N–H and O–H groups in total. The molecule has 2 aromatic rings. The highest BCUT2D eigenvalue weighted by molar-refractivity contribution is 7.98. The number of aromatic amines is 1. The molecule has 0 radical (unpaired) electrons. The van der Waals surface area contributed by atoms with Crippen LogP contribution in [0.4, 0.5) is 0 Å². The van der Waals surface area contributed by atoms with Crippen LogP contribution in [0.2, 0.25) is 0 Å². The van der Waals surface area contributed by atoms with E-state index >= 15 is 0 Å². The van der Waals surface area contributed by atoms with Crippen molar-refractivity contribution in [3.05, 3.63) is 42.5 Å². The topological polar surface area (TPSA) is 37.9 Å². The molecule has 15 heavy (non-hydrogen) atoms. The van der Waals surface area contributed by atoms with Crippen LogP contribution in [0.3, 0.4) is 0 Å². The Morgan fingerprint density at radius 1 is 1.33 bits per heavy atom. The summed E-state index contributed by atoms with van der Waals surface area (Å²) < 4.78 is 5.09. The number of hydrogen-bond donors (Lipinski definition) is 1. The zero-order valence-corrected chi connectivity index (χ0v) is 9.25. The van der Waals surface area contributed by atoms with Gasteiger partial charge in [-0.3, -0.25) is 0 Å². The highest BCUT2D eigenvalue weighted by Crippen LogP contribution is 2.23. The SMILES string of the molecule is COc1ccc(SCc2cnc[nH]2)cc1. The van der Waals surface area contributed by atoms with Crippen LogP contribution < -0.4 is 4.74 Å². The fourth-order valence-corrected chi connectivity index (χ4v) is 2.01. The maximum absolute atomic E-state index is 5.09. The Morgan fingerprint density at radius 3 is 2.73 bits per heavy atom. The summed E-state index contributed by atoms with van der Waals surface area (Å²) in [5.41, 5.74) is 1.14. The number of nitrogens with zero attached hydrogens (tertiary/aromatic N) is 1. The minimum atomic E-state index is 0.890. The zero-order valence-electron chi connectivity index (χ0n) is 8.43. The second-order valence-electron chi connectivity index (χ2n) is 3.04. The number of ether oxygens (including phenoxy) is 1. The van der Waals surface area contributed by atoms with E-state index in [0.29, 0.717) is 0 Å². The smallest absolute Gasteiger partial charge is 0.118 e. The average Bonchev–Trinajstić information content (AvgIpc) is 2.80. The number of nitrogens with one attached hydrogen (secondary N) is 1. The largest absolute Gasteiger partial charge is 0.497 e. The molecule has 3 nitrogen and oxygen atoms in total. The molecule has 4 heteroatoms. The van der Waals surface area contributed by atoms with Gasteiger partial charge in [0.1, 0.15) is 5.75 Å². The second kappa shape index (κ2) is 4.89. The summed E-state index contributed by atoms with van der Waals surface area (Å²) in [6.45, 7) is 0. The zero-order chi connectivity index (χ0) is 10.5. The van der Waals surface area contributed by atoms with Crippen molar-refractivity contribution in [1.29, 1.82) is 0 Å². The Labute approximate surface area is 92.9 Å². The van der Waals surface area contributed by atoms with Gasteiger partial charge in [-0.05, 0) is 24.3 Å². The first-order valence-electron chi connectivity index (χ1n) is 4.62. The highest BCUT2D eigenvalue weighted by Gasteiger charge is 1.97. The van der Waals surface area contributed by atoms with Crippen molar-refractivity contribution in [3.63, 3.8) is 0 Å². The number of rotatable bonds is 4. The third kappa shape index (κ3) is 2.76. The molecule has 0 bridgehead atoms. The average molecular weight is 220 g/mol. The van der Waals surface area contributed by atoms with Crippen LogP contribution >= 0.6 is 11.8 Å². The number of thioether (sulfide) groups is 1. The van der Waals surface area contributed by atoms with Crippen LogP contribution in [-0.2, 0) is 5.75 Å². The molecule has 1 aromatic carbocycles. The quantitative estimate of drug-likeness (QED) is 0.805. The molecule has 1 heterocycles. The van der Waals surface area contributed by atoms with Gasteiger partial charge in [-0.1, -0.05) is 0 Å². The van der Waals surface area contributed by atoms with Crippen molar-refractivity contribution < 1.29 is 4.74 Å². The summed E-state index contributed by atoms with van der Waals surface area (Å²) in [5, 5.41) is 0. The molecule has 2 rings (SSSR count). The molecular weight excluding hydrogens is 208 g/mol. The van der Waals surface area contributed by atoms with Crippen LogP contribution in [0, 0.1) is 0 Å². The van der Waals surface area contributed by atoms with Crippen LogP contribution in [0.1, 0.15) is 5.69 Å². The lowest BCUT2D eigenvalue weighted by molar-refractivity contribution is 0.414. The number of aromatic nitrogens is 2. The van der Waals surface area contributed by atoms with Crippen LogP contribution in [0.15, 0.2) is 41.7 Å². The molecule has 0 aliphatic carbocycles. The van der Waals surface area contributed by atoms with Gasteiger partial charge < -0.3 is 9.72 Å². The first-order valence-corrected chi connectivity index (χ1v) is 5.61. The van der Waals surface area contributed by atoms with Crippen LogP contribution in [0.5, 0.6) is 5.75 Å². The third-order valence-corrected chi connectivity index (χ3v) is 3.07. The molecule has 0 unspecified atom stereocenters. The number of hydrogen-bond acceptors (Lipinski definition) is 3. The maximum Gasteiger partial charge on any atom is 0.118 e. The van der Waals surface area contributed by atoms with Gasteiger partial charge in [-0.2, -0.15) is 0 Å². The Morgan fingerprint density at radius 2 is 2.13 bits per heavy atom. The first-order chi connectivity index (χ1) is 7.38. The van der Waals surface area contributed by atoms with Crippen molar-refractivity contribution >= 4 is 11.8 Å². The summed E-state index contributed by atoms with van der Waals surface area (Å²) in [7, 11) is 1.67. The van der Waals surface area contributed by atoms with Gasteiger partial charge >= 0.3 is 0 Å². The van der Waals surface area contributed by atoms with Gasteiger partial charge in [0.2, 0.25) is 0 Å². The normalized spacial score (nSPS) is 10.2. The van der Waals surface area contributed by atoms with Gasteiger partial charge in [0.15, 0.2) is 0 Å². The van der Waals surface area contributed by atoms with E-state index < -0.39 is 0 Å². The van der Waals surface area contributed by atoms with E-state index in [1.165, 1.54) is 4.90 Å². The molecule has 0 spiro atoms. The standard InChI is InChI=1S/C11H12N2OS/c1-14-10-2-4-11(5-3-10)15-7-9-6-12-8-13-9/h2-6,8H,7H2,1H3,(H,12,13). The van der Waals surface area contributed by atoms with Gasteiger partial charge in [-0.15, -0.1) is 11.8 Å². The Kier molecular flexibility index (Phi) is 3.29.